The third-order valence-corrected chi connectivity index (χ3v) is 7.76. The predicted octanol–water partition coefficient (Wildman–Crippen LogP) is 7.00. The van der Waals surface area contributed by atoms with E-state index in [0.29, 0.717) is 59.6 Å². The standard InChI is InChI=1S/C31H29F4N5O/c1-4-27-37-16-19(3)29(38-27)25-15-22(20-10-12-21(13-11-20)28-18(2)7-5-9-24(28)32)30(41)40(39-25)17-26-23(31(33,34)35)8-6-14-36-26/h4-9,14-16,20-21H,1,10-13,17H2,2-3H3. The number of aryl methyl sites for hydroxylation is 2. The topological polar surface area (TPSA) is 73.6 Å². The normalized spacial score (nSPS) is 17.4. The number of hydrogen-bond donors (Lipinski definition) is 0. The lowest BCUT2D eigenvalue weighted by Gasteiger charge is -2.30. The second kappa shape index (κ2) is 11.3. The van der Waals surface area contributed by atoms with E-state index in [1.165, 1.54) is 24.4 Å². The highest BCUT2D eigenvalue weighted by molar-refractivity contribution is 5.60. The minimum atomic E-state index is -4.64. The van der Waals surface area contributed by atoms with Crippen molar-refractivity contribution in [3.05, 3.63) is 111 Å². The molecule has 1 aliphatic rings. The van der Waals surface area contributed by atoms with E-state index in [9.17, 15) is 22.4 Å². The zero-order valence-electron chi connectivity index (χ0n) is 22.7. The molecule has 0 radical (unpaired) electrons. The molecule has 0 saturated heterocycles. The Kier molecular flexibility index (Phi) is 7.84. The maximum Gasteiger partial charge on any atom is 0.418 e. The van der Waals surface area contributed by atoms with Gasteiger partial charge >= 0.3 is 6.18 Å². The average molecular weight is 564 g/mol. The molecule has 0 amide bonds. The van der Waals surface area contributed by atoms with Crippen LogP contribution in [0.1, 0.15) is 76.9 Å². The second-order valence-electron chi connectivity index (χ2n) is 10.4. The zero-order valence-corrected chi connectivity index (χ0v) is 22.7. The van der Waals surface area contributed by atoms with Gasteiger partial charge in [0.15, 0.2) is 5.82 Å². The Labute approximate surface area is 234 Å². The van der Waals surface area contributed by atoms with E-state index in [1.807, 2.05) is 13.0 Å². The molecular weight excluding hydrogens is 534 g/mol. The Morgan fingerprint density at radius 2 is 1.76 bits per heavy atom. The van der Waals surface area contributed by atoms with Crippen LogP contribution in [0.4, 0.5) is 17.6 Å². The van der Waals surface area contributed by atoms with Gasteiger partial charge in [-0.3, -0.25) is 9.78 Å². The molecular formula is C31H29F4N5O. The van der Waals surface area contributed by atoms with Crippen LogP contribution in [0.3, 0.4) is 0 Å². The number of benzene rings is 1. The first-order valence-electron chi connectivity index (χ1n) is 13.4. The van der Waals surface area contributed by atoms with Crippen molar-refractivity contribution >= 4 is 6.08 Å². The van der Waals surface area contributed by atoms with Gasteiger partial charge < -0.3 is 0 Å². The van der Waals surface area contributed by atoms with Crippen molar-refractivity contribution in [3.63, 3.8) is 0 Å². The summed E-state index contributed by atoms with van der Waals surface area (Å²) >= 11 is 0. The summed E-state index contributed by atoms with van der Waals surface area (Å²) in [6, 6.07) is 8.89. The van der Waals surface area contributed by atoms with Crippen LogP contribution in [0.15, 0.2) is 60.2 Å². The largest absolute Gasteiger partial charge is 0.418 e. The van der Waals surface area contributed by atoms with Crippen molar-refractivity contribution in [1.82, 2.24) is 24.7 Å². The number of rotatable bonds is 6. The lowest BCUT2D eigenvalue weighted by atomic mass is 9.75. The van der Waals surface area contributed by atoms with Crippen LogP contribution >= 0.6 is 0 Å². The van der Waals surface area contributed by atoms with Crippen LogP contribution < -0.4 is 5.56 Å². The molecule has 0 atom stereocenters. The lowest BCUT2D eigenvalue weighted by molar-refractivity contribution is -0.138. The third kappa shape index (κ3) is 5.82. The van der Waals surface area contributed by atoms with Crippen LogP contribution in [0.5, 0.6) is 0 Å². The first-order valence-corrected chi connectivity index (χ1v) is 13.4. The summed E-state index contributed by atoms with van der Waals surface area (Å²) in [5.74, 6) is -0.0181. The fourth-order valence-electron chi connectivity index (χ4n) is 5.71. The molecule has 5 rings (SSSR count). The maximum atomic E-state index is 14.7. The highest BCUT2D eigenvalue weighted by Crippen LogP contribution is 2.42. The number of halogens is 4. The van der Waals surface area contributed by atoms with Gasteiger partial charge in [0.05, 0.1) is 23.5 Å². The van der Waals surface area contributed by atoms with Crippen LogP contribution in [-0.4, -0.2) is 24.7 Å². The van der Waals surface area contributed by atoms with Crippen molar-refractivity contribution in [3.8, 4) is 11.4 Å². The molecule has 0 bridgehead atoms. The summed E-state index contributed by atoms with van der Waals surface area (Å²) in [5.41, 5.74) is 1.84. The van der Waals surface area contributed by atoms with Crippen molar-refractivity contribution in [2.45, 2.75) is 64.1 Å². The quantitative estimate of drug-likeness (QED) is 0.236. The lowest BCUT2D eigenvalue weighted by Crippen LogP contribution is -2.31. The number of nitrogens with zero attached hydrogens (tertiary/aromatic N) is 5. The molecule has 0 N–H and O–H groups in total. The van der Waals surface area contributed by atoms with Gasteiger partial charge in [0.25, 0.3) is 5.56 Å². The van der Waals surface area contributed by atoms with E-state index in [-0.39, 0.29) is 23.3 Å². The van der Waals surface area contributed by atoms with E-state index in [4.69, 9.17) is 0 Å². The van der Waals surface area contributed by atoms with E-state index < -0.39 is 23.8 Å². The first kappa shape index (κ1) is 28.3. The van der Waals surface area contributed by atoms with E-state index in [2.05, 4.69) is 26.6 Å². The molecule has 0 unspecified atom stereocenters. The molecule has 41 heavy (non-hydrogen) atoms. The minimum absolute atomic E-state index is 0.0260. The fourth-order valence-corrected chi connectivity index (χ4v) is 5.71. The Morgan fingerprint density at radius 3 is 2.44 bits per heavy atom. The van der Waals surface area contributed by atoms with Crippen LogP contribution in [0.25, 0.3) is 17.5 Å². The first-order chi connectivity index (χ1) is 19.6. The molecule has 10 heteroatoms. The highest BCUT2D eigenvalue weighted by Gasteiger charge is 2.34. The number of hydrogen-bond acceptors (Lipinski definition) is 5. The summed E-state index contributed by atoms with van der Waals surface area (Å²) in [4.78, 5) is 26.4. The molecule has 3 heterocycles. The van der Waals surface area contributed by atoms with E-state index in [1.54, 1.807) is 25.3 Å². The van der Waals surface area contributed by atoms with Gasteiger partial charge in [0.1, 0.15) is 11.5 Å². The third-order valence-electron chi connectivity index (χ3n) is 7.76. The van der Waals surface area contributed by atoms with Crippen LogP contribution in [0, 0.1) is 19.7 Å². The molecule has 1 aromatic carbocycles. The summed E-state index contributed by atoms with van der Waals surface area (Å²) in [7, 11) is 0. The summed E-state index contributed by atoms with van der Waals surface area (Å²) in [6.07, 6.45) is 2.30. The SMILES string of the molecule is C=Cc1ncc(C)c(-c2cc(C3CCC(c4c(C)cccc4F)CC3)c(=O)n(Cc3ncccc3C(F)(F)F)n2)n1. The number of aromatic nitrogens is 5. The minimum Gasteiger partial charge on any atom is -0.267 e. The molecule has 4 aromatic rings. The van der Waals surface area contributed by atoms with Crippen LogP contribution in [0.2, 0.25) is 0 Å². The molecule has 1 saturated carbocycles. The van der Waals surface area contributed by atoms with Gasteiger partial charge in [0.2, 0.25) is 0 Å². The molecule has 0 aliphatic heterocycles. The van der Waals surface area contributed by atoms with E-state index in [0.717, 1.165) is 16.3 Å². The predicted molar refractivity (Wildman–Crippen MR) is 148 cm³/mol. The highest BCUT2D eigenvalue weighted by atomic mass is 19.4. The molecule has 1 aliphatic carbocycles. The van der Waals surface area contributed by atoms with Crippen molar-refractivity contribution in [2.24, 2.45) is 0 Å². The van der Waals surface area contributed by atoms with Gasteiger partial charge in [-0.25, -0.2) is 19.0 Å². The monoisotopic (exact) mass is 563 g/mol. The molecule has 3 aromatic heterocycles. The molecule has 212 valence electrons. The fraction of sp³-hybridized carbons (Fsp3) is 0.323. The Hall–Kier alpha value is -4.21. The average Bonchev–Trinajstić information content (AvgIpc) is 2.94. The van der Waals surface area contributed by atoms with Crippen molar-refractivity contribution in [2.75, 3.05) is 0 Å². The van der Waals surface area contributed by atoms with Gasteiger partial charge in [-0.05, 0) is 98.4 Å². The molecule has 1 fully saturated rings. The summed E-state index contributed by atoms with van der Waals surface area (Å²) < 4.78 is 56.9. The Bertz CT molecular complexity index is 1640. The van der Waals surface area contributed by atoms with Crippen molar-refractivity contribution < 1.29 is 17.6 Å². The second-order valence-corrected chi connectivity index (χ2v) is 10.4. The van der Waals surface area contributed by atoms with Gasteiger partial charge in [-0.1, -0.05) is 18.7 Å². The number of alkyl halides is 3. The smallest absolute Gasteiger partial charge is 0.267 e. The van der Waals surface area contributed by atoms with Crippen LogP contribution in [-0.2, 0) is 12.7 Å². The van der Waals surface area contributed by atoms with Gasteiger partial charge in [0, 0.05) is 18.0 Å². The molecule has 6 nitrogen and oxygen atoms in total. The molecule has 0 spiro atoms. The van der Waals surface area contributed by atoms with Gasteiger partial charge in [-0.15, -0.1) is 0 Å². The number of pyridine rings is 1. The van der Waals surface area contributed by atoms with Crippen molar-refractivity contribution in [1.29, 1.82) is 0 Å². The van der Waals surface area contributed by atoms with E-state index >= 15 is 0 Å². The summed E-state index contributed by atoms with van der Waals surface area (Å²) in [6.45, 7) is 6.94. The Morgan fingerprint density at radius 1 is 1.02 bits per heavy atom. The van der Waals surface area contributed by atoms with Gasteiger partial charge in [-0.2, -0.15) is 18.3 Å². The Balaban J connectivity index is 1.57. The maximum absolute atomic E-state index is 14.7. The summed E-state index contributed by atoms with van der Waals surface area (Å²) in [5, 5.41) is 4.46. The zero-order chi connectivity index (χ0) is 29.3.